The second kappa shape index (κ2) is 11.9. The molecule has 30 heavy (non-hydrogen) atoms. The maximum atomic E-state index is 11.3. The van der Waals surface area contributed by atoms with Crippen LogP contribution in [0.2, 0.25) is 0 Å². The van der Waals surface area contributed by atoms with E-state index in [0.717, 1.165) is 49.4 Å². The van der Waals surface area contributed by atoms with E-state index in [2.05, 4.69) is 17.1 Å². The fourth-order valence-corrected chi connectivity index (χ4v) is 4.52. The van der Waals surface area contributed by atoms with E-state index in [9.17, 15) is 10.2 Å². The van der Waals surface area contributed by atoms with Crippen LogP contribution in [0.3, 0.4) is 0 Å². The molecule has 6 nitrogen and oxygen atoms in total. The molecular weight excluding hydrogens is 380 g/mol. The molecule has 0 aliphatic carbocycles. The first-order chi connectivity index (χ1) is 14.6. The molecule has 2 aliphatic heterocycles. The molecule has 3 atom stereocenters. The molecule has 6 heteroatoms. The monoisotopic (exact) mass is 420 g/mol. The Hall–Kier alpha value is -1.34. The molecule has 1 saturated heterocycles. The van der Waals surface area contributed by atoms with Crippen molar-refractivity contribution in [1.82, 2.24) is 10.2 Å². The number of nitrogens with zero attached hydrogens (tertiary/aromatic N) is 1. The van der Waals surface area contributed by atoms with Gasteiger partial charge in [0.15, 0.2) is 11.5 Å². The molecule has 1 aromatic carbocycles. The average Bonchev–Trinajstić information content (AvgIpc) is 3.26. The molecule has 1 aromatic rings. The third-order valence-electron chi connectivity index (χ3n) is 6.21. The van der Waals surface area contributed by atoms with Gasteiger partial charge in [-0.2, -0.15) is 0 Å². The lowest BCUT2D eigenvalue weighted by Crippen LogP contribution is -2.48. The molecule has 0 aromatic heterocycles. The summed E-state index contributed by atoms with van der Waals surface area (Å²) < 4.78 is 11.5. The van der Waals surface area contributed by atoms with Gasteiger partial charge in [-0.25, -0.2) is 0 Å². The van der Waals surface area contributed by atoms with Crippen molar-refractivity contribution in [2.45, 2.75) is 83.6 Å². The highest BCUT2D eigenvalue weighted by Gasteiger charge is 2.28. The van der Waals surface area contributed by atoms with Crippen LogP contribution in [0.5, 0.6) is 11.5 Å². The SMILES string of the molecule is CCCCCCCC(O)N[C@H](CN1CCCC1)[C@H](O)c1cc(C)c2c(c1)OCCO2. The number of aliphatic hydroxyl groups excluding tert-OH is 2. The predicted octanol–water partition coefficient (Wildman–Crippen LogP) is 3.53. The second-order valence-corrected chi connectivity index (χ2v) is 8.81. The van der Waals surface area contributed by atoms with Crippen LogP contribution in [0.4, 0.5) is 0 Å². The van der Waals surface area contributed by atoms with Crippen molar-refractivity contribution in [3.05, 3.63) is 23.3 Å². The van der Waals surface area contributed by atoms with Gasteiger partial charge < -0.3 is 24.6 Å². The van der Waals surface area contributed by atoms with Gasteiger partial charge in [-0.1, -0.05) is 32.6 Å². The fraction of sp³-hybridized carbons (Fsp3) is 0.750. The summed E-state index contributed by atoms with van der Waals surface area (Å²) in [6.45, 7) is 8.10. The Morgan fingerprint density at radius 2 is 1.77 bits per heavy atom. The number of benzene rings is 1. The molecule has 3 N–H and O–H groups in total. The van der Waals surface area contributed by atoms with E-state index in [4.69, 9.17) is 9.47 Å². The molecule has 1 fully saturated rings. The van der Waals surface area contributed by atoms with Gasteiger partial charge in [-0.15, -0.1) is 0 Å². The van der Waals surface area contributed by atoms with E-state index in [1.165, 1.54) is 32.1 Å². The number of nitrogens with one attached hydrogen (secondary N) is 1. The molecular formula is C24H40N2O4. The number of aryl methyl sites for hydroxylation is 1. The molecule has 2 aliphatic rings. The molecule has 170 valence electrons. The number of fused-ring (bicyclic) bond motifs is 1. The van der Waals surface area contributed by atoms with Crippen LogP contribution in [0, 0.1) is 6.92 Å². The van der Waals surface area contributed by atoms with Crippen LogP contribution in [-0.2, 0) is 0 Å². The van der Waals surface area contributed by atoms with Gasteiger partial charge in [0.1, 0.15) is 19.4 Å². The first kappa shape index (κ1) is 23.3. The zero-order valence-corrected chi connectivity index (χ0v) is 18.7. The van der Waals surface area contributed by atoms with Crippen molar-refractivity contribution >= 4 is 0 Å². The smallest absolute Gasteiger partial charge is 0.164 e. The van der Waals surface area contributed by atoms with Gasteiger partial charge in [0.05, 0.1) is 12.1 Å². The molecule has 2 heterocycles. The third-order valence-corrected chi connectivity index (χ3v) is 6.21. The summed E-state index contributed by atoms with van der Waals surface area (Å²) in [5.74, 6) is 1.47. The number of rotatable bonds is 12. The van der Waals surface area contributed by atoms with Gasteiger partial charge in [0, 0.05) is 6.54 Å². The van der Waals surface area contributed by atoms with Gasteiger partial charge in [-0.3, -0.25) is 5.32 Å². The number of unbranched alkanes of at least 4 members (excludes halogenated alkanes) is 4. The number of aliphatic hydroxyl groups is 2. The van der Waals surface area contributed by atoms with Crippen LogP contribution < -0.4 is 14.8 Å². The fourth-order valence-electron chi connectivity index (χ4n) is 4.52. The molecule has 1 unspecified atom stereocenters. The van der Waals surface area contributed by atoms with E-state index in [1.54, 1.807) is 0 Å². The van der Waals surface area contributed by atoms with Crippen molar-refractivity contribution in [2.75, 3.05) is 32.8 Å². The van der Waals surface area contributed by atoms with Gasteiger partial charge in [-0.05, 0) is 69.0 Å². The van der Waals surface area contributed by atoms with E-state index < -0.39 is 12.3 Å². The lowest BCUT2D eigenvalue weighted by Gasteiger charge is -2.31. The topological polar surface area (TPSA) is 74.2 Å². The molecule has 0 saturated carbocycles. The summed E-state index contributed by atoms with van der Waals surface area (Å²) >= 11 is 0. The van der Waals surface area contributed by atoms with Crippen molar-refractivity contribution < 1.29 is 19.7 Å². The van der Waals surface area contributed by atoms with Gasteiger partial charge >= 0.3 is 0 Å². The minimum Gasteiger partial charge on any atom is -0.486 e. The number of hydrogen-bond acceptors (Lipinski definition) is 6. The van der Waals surface area contributed by atoms with Crippen LogP contribution in [0.25, 0.3) is 0 Å². The van der Waals surface area contributed by atoms with Gasteiger partial charge in [0.25, 0.3) is 0 Å². The van der Waals surface area contributed by atoms with Gasteiger partial charge in [0.2, 0.25) is 0 Å². The zero-order chi connectivity index (χ0) is 21.3. The minimum absolute atomic E-state index is 0.240. The Balaban J connectivity index is 1.65. The summed E-state index contributed by atoms with van der Waals surface area (Å²) in [5, 5.41) is 25.2. The standard InChI is InChI=1S/C24H40N2O4/c1-3-4-5-6-7-10-22(27)25-20(17-26-11-8-9-12-26)23(28)19-15-18(2)24-21(16-19)29-13-14-30-24/h15-16,20,22-23,25,27-28H,3-14,17H2,1-2H3/t20-,22?,23-/m1/s1. The van der Waals surface area contributed by atoms with E-state index in [-0.39, 0.29) is 6.04 Å². The predicted molar refractivity (Wildman–Crippen MR) is 119 cm³/mol. The van der Waals surface area contributed by atoms with Crippen molar-refractivity contribution in [2.24, 2.45) is 0 Å². The molecule has 3 rings (SSSR count). The van der Waals surface area contributed by atoms with Crippen LogP contribution in [0.15, 0.2) is 12.1 Å². The van der Waals surface area contributed by atoms with E-state index >= 15 is 0 Å². The van der Waals surface area contributed by atoms with Crippen LogP contribution in [-0.4, -0.2) is 60.2 Å². The lowest BCUT2D eigenvalue weighted by atomic mass is 9.98. The van der Waals surface area contributed by atoms with E-state index in [0.29, 0.717) is 25.4 Å². The Kier molecular flexibility index (Phi) is 9.25. The summed E-state index contributed by atoms with van der Waals surface area (Å²) in [6, 6.07) is 3.63. The van der Waals surface area contributed by atoms with Crippen molar-refractivity contribution in [3.63, 3.8) is 0 Å². The van der Waals surface area contributed by atoms with E-state index in [1.807, 2.05) is 19.1 Å². The highest BCUT2D eigenvalue weighted by atomic mass is 16.6. The highest BCUT2D eigenvalue weighted by Crippen LogP contribution is 2.37. The summed E-state index contributed by atoms with van der Waals surface area (Å²) in [4.78, 5) is 2.37. The van der Waals surface area contributed by atoms with Crippen LogP contribution in [0.1, 0.15) is 75.5 Å². The Morgan fingerprint density at radius 3 is 2.53 bits per heavy atom. The second-order valence-electron chi connectivity index (χ2n) is 8.81. The number of hydrogen-bond donors (Lipinski definition) is 3. The normalized spacial score (nSPS) is 19.6. The molecule has 0 amide bonds. The maximum Gasteiger partial charge on any atom is 0.164 e. The largest absolute Gasteiger partial charge is 0.486 e. The zero-order valence-electron chi connectivity index (χ0n) is 18.7. The number of ether oxygens (including phenoxy) is 2. The summed E-state index contributed by atoms with van der Waals surface area (Å²) in [6.07, 6.45) is 7.63. The van der Waals surface area contributed by atoms with Crippen molar-refractivity contribution in [1.29, 1.82) is 0 Å². The Bertz CT molecular complexity index is 648. The minimum atomic E-state index is -0.727. The lowest BCUT2D eigenvalue weighted by molar-refractivity contribution is 0.0462. The Labute approximate surface area is 181 Å². The molecule has 0 radical (unpaired) electrons. The Morgan fingerprint density at radius 1 is 1.03 bits per heavy atom. The first-order valence-corrected chi connectivity index (χ1v) is 11.8. The summed E-state index contributed by atoms with van der Waals surface area (Å²) in [5.41, 5.74) is 1.78. The van der Waals surface area contributed by atoms with Crippen molar-refractivity contribution in [3.8, 4) is 11.5 Å². The average molecular weight is 421 g/mol. The third kappa shape index (κ3) is 6.58. The number of likely N-dealkylation sites (tertiary alicyclic amines) is 1. The quantitative estimate of drug-likeness (QED) is 0.355. The molecule has 0 bridgehead atoms. The molecule has 0 spiro atoms. The van der Waals surface area contributed by atoms with Crippen LogP contribution >= 0.6 is 0 Å². The summed E-state index contributed by atoms with van der Waals surface area (Å²) in [7, 11) is 0. The maximum absolute atomic E-state index is 11.3. The first-order valence-electron chi connectivity index (χ1n) is 11.8. The highest BCUT2D eigenvalue weighted by molar-refractivity contribution is 5.50.